The monoisotopic (exact) mass is 329 g/mol. The molecular formula is C17H19N3O2S. The number of thioether (sulfide) groups is 1. The molecule has 0 unspecified atom stereocenters. The molecule has 0 saturated heterocycles. The number of aryl methyl sites for hydroxylation is 2. The second-order valence-corrected chi connectivity index (χ2v) is 7.12. The van der Waals surface area contributed by atoms with Crippen LogP contribution in [0, 0.1) is 6.92 Å². The largest absolute Gasteiger partial charge is 0.479 e. The van der Waals surface area contributed by atoms with Crippen molar-refractivity contribution < 1.29 is 9.53 Å². The normalized spacial score (nSPS) is 22.7. The van der Waals surface area contributed by atoms with E-state index in [9.17, 15) is 4.79 Å². The van der Waals surface area contributed by atoms with Crippen LogP contribution in [0.1, 0.15) is 17.9 Å². The van der Waals surface area contributed by atoms with Gasteiger partial charge in [0.2, 0.25) is 0 Å². The summed E-state index contributed by atoms with van der Waals surface area (Å²) in [7, 11) is 0. The van der Waals surface area contributed by atoms with Gasteiger partial charge in [-0.2, -0.15) is 0 Å². The zero-order chi connectivity index (χ0) is 15.8. The molecule has 0 aliphatic carbocycles. The summed E-state index contributed by atoms with van der Waals surface area (Å²) >= 11 is 1.68. The van der Waals surface area contributed by atoms with Gasteiger partial charge in [0.1, 0.15) is 11.6 Å². The van der Waals surface area contributed by atoms with Crippen LogP contribution >= 0.6 is 11.8 Å². The molecule has 2 aliphatic heterocycles. The summed E-state index contributed by atoms with van der Waals surface area (Å²) in [5.41, 5.74) is 1.04. The average Bonchev–Trinajstić information content (AvgIpc) is 2.93. The predicted octanol–water partition coefficient (Wildman–Crippen LogP) is 2.18. The molecule has 0 radical (unpaired) electrons. The van der Waals surface area contributed by atoms with E-state index in [0.29, 0.717) is 5.75 Å². The van der Waals surface area contributed by atoms with Gasteiger partial charge < -0.3 is 14.6 Å². The average molecular weight is 329 g/mol. The van der Waals surface area contributed by atoms with Crippen molar-refractivity contribution in [2.45, 2.75) is 43.4 Å². The standard InChI is InChI=1S/C17H19N3O2S/c1-11-8-20-9-12(6-7-16(20)18-11)19-17(21)14-10-23-15-5-3-2-4-13(15)22-14/h2-5,8,12,14H,6-7,9-10H2,1H3,(H,19,21)/t12-,14-/m1/s1. The number of ether oxygens (including phenoxy) is 1. The van der Waals surface area contributed by atoms with Crippen LogP contribution in [0.15, 0.2) is 35.4 Å². The van der Waals surface area contributed by atoms with Gasteiger partial charge in [0.05, 0.1) is 5.69 Å². The lowest BCUT2D eigenvalue weighted by Crippen LogP contribution is -2.48. The topological polar surface area (TPSA) is 56.2 Å². The first-order chi connectivity index (χ1) is 11.2. The molecule has 120 valence electrons. The van der Waals surface area contributed by atoms with E-state index in [1.54, 1.807) is 11.8 Å². The van der Waals surface area contributed by atoms with E-state index in [2.05, 4.69) is 21.1 Å². The SMILES string of the molecule is Cc1cn2c(n1)CC[C@@H](NC(=O)[C@H]1CSc3ccccc3O1)C2. The van der Waals surface area contributed by atoms with Crippen molar-refractivity contribution >= 4 is 17.7 Å². The number of nitrogens with zero attached hydrogens (tertiary/aromatic N) is 2. The van der Waals surface area contributed by atoms with Crippen LogP contribution in [-0.4, -0.2) is 33.4 Å². The Morgan fingerprint density at radius 1 is 1.43 bits per heavy atom. The van der Waals surface area contributed by atoms with Crippen molar-refractivity contribution in [1.82, 2.24) is 14.9 Å². The number of para-hydroxylation sites is 1. The Labute approximate surface area is 139 Å². The molecule has 6 heteroatoms. The van der Waals surface area contributed by atoms with Gasteiger partial charge in [0, 0.05) is 35.9 Å². The number of carbonyl (C=O) groups is 1. The maximum Gasteiger partial charge on any atom is 0.262 e. The maximum absolute atomic E-state index is 12.5. The Balaban J connectivity index is 1.39. The van der Waals surface area contributed by atoms with Gasteiger partial charge in [-0.3, -0.25) is 4.79 Å². The Morgan fingerprint density at radius 2 is 2.30 bits per heavy atom. The van der Waals surface area contributed by atoms with Crippen LogP contribution in [0.25, 0.3) is 0 Å². The molecule has 5 nitrogen and oxygen atoms in total. The van der Waals surface area contributed by atoms with E-state index in [4.69, 9.17) is 4.74 Å². The second kappa shape index (κ2) is 5.92. The fourth-order valence-electron chi connectivity index (χ4n) is 3.15. The van der Waals surface area contributed by atoms with Gasteiger partial charge in [0.15, 0.2) is 6.10 Å². The Hall–Kier alpha value is -1.95. The van der Waals surface area contributed by atoms with Crippen molar-refractivity contribution in [3.8, 4) is 5.75 Å². The summed E-state index contributed by atoms with van der Waals surface area (Å²) < 4.78 is 8.01. The maximum atomic E-state index is 12.5. The van der Waals surface area contributed by atoms with E-state index in [1.165, 1.54) is 0 Å². The number of aromatic nitrogens is 2. The molecule has 2 aliphatic rings. The highest BCUT2D eigenvalue weighted by atomic mass is 32.2. The first-order valence-electron chi connectivity index (χ1n) is 7.90. The lowest BCUT2D eigenvalue weighted by molar-refractivity contribution is -0.128. The third-order valence-corrected chi connectivity index (χ3v) is 5.38. The number of imidazole rings is 1. The summed E-state index contributed by atoms with van der Waals surface area (Å²) in [6, 6.07) is 8.02. The summed E-state index contributed by atoms with van der Waals surface area (Å²) in [6.45, 7) is 2.79. The second-order valence-electron chi connectivity index (χ2n) is 6.06. The van der Waals surface area contributed by atoms with E-state index < -0.39 is 6.10 Å². The molecule has 0 spiro atoms. The zero-order valence-corrected chi connectivity index (χ0v) is 13.8. The molecule has 1 amide bonds. The Bertz CT molecular complexity index is 743. The molecule has 0 bridgehead atoms. The fourth-order valence-corrected chi connectivity index (χ4v) is 4.13. The minimum absolute atomic E-state index is 0.0164. The summed E-state index contributed by atoms with van der Waals surface area (Å²) in [5, 5.41) is 3.14. The molecule has 4 rings (SSSR count). The number of hydrogen-bond donors (Lipinski definition) is 1. The van der Waals surface area contributed by atoms with Gasteiger partial charge in [-0.25, -0.2) is 4.98 Å². The Morgan fingerprint density at radius 3 is 3.22 bits per heavy atom. The molecule has 1 N–H and O–H groups in total. The molecule has 1 aromatic carbocycles. The van der Waals surface area contributed by atoms with Crippen molar-refractivity contribution in [2.75, 3.05) is 5.75 Å². The fraction of sp³-hybridized carbons (Fsp3) is 0.412. The quantitative estimate of drug-likeness (QED) is 0.917. The van der Waals surface area contributed by atoms with Crippen molar-refractivity contribution in [3.05, 3.63) is 42.0 Å². The van der Waals surface area contributed by atoms with Crippen LogP contribution in [0.4, 0.5) is 0 Å². The number of hydrogen-bond acceptors (Lipinski definition) is 4. The molecular weight excluding hydrogens is 310 g/mol. The minimum atomic E-state index is -0.416. The lowest BCUT2D eigenvalue weighted by atomic mass is 10.1. The molecule has 2 aromatic rings. The van der Waals surface area contributed by atoms with Gasteiger partial charge in [-0.1, -0.05) is 12.1 Å². The van der Waals surface area contributed by atoms with Crippen molar-refractivity contribution in [2.24, 2.45) is 0 Å². The number of carbonyl (C=O) groups excluding carboxylic acids is 1. The van der Waals surface area contributed by atoms with Gasteiger partial charge >= 0.3 is 0 Å². The van der Waals surface area contributed by atoms with E-state index >= 15 is 0 Å². The van der Waals surface area contributed by atoms with Gasteiger partial charge in [-0.15, -0.1) is 11.8 Å². The highest BCUT2D eigenvalue weighted by Gasteiger charge is 2.29. The van der Waals surface area contributed by atoms with Crippen LogP contribution in [0.2, 0.25) is 0 Å². The summed E-state index contributed by atoms with van der Waals surface area (Å²) in [5.74, 6) is 2.56. The van der Waals surface area contributed by atoms with E-state index in [1.807, 2.05) is 31.2 Å². The molecule has 1 aromatic heterocycles. The highest BCUT2D eigenvalue weighted by Crippen LogP contribution is 2.35. The molecule has 3 heterocycles. The molecule has 23 heavy (non-hydrogen) atoms. The van der Waals surface area contributed by atoms with Crippen LogP contribution < -0.4 is 10.1 Å². The van der Waals surface area contributed by atoms with E-state index in [-0.39, 0.29) is 11.9 Å². The van der Waals surface area contributed by atoms with Gasteiger partial charge in [0.25, 0.3) is 5.91 Å². The molecule has 2 atom stereocenters. The number of amides is 1. The smallest absolute Gasteiger partial charge is 0.262 e. The third kappa shape index (κ3) is 2.95. The minimum Gasteiger partial charge on any atom is -0.479 e. The zero-order valence-electron chi connectivity index (χ0n) is 13.0. The number of benzene rings is 1. The molecule has 0 saturated carbocycles. The number of nitrogens with one attached hydrogen (secondary N) is 1. The Kier molecular flexibility index (Phi) is 3.77. The first kappa shape index (κ1) is 14.6. The van der Waals surface area contributed by atoms with Crippen LogP contribution in [-0.2, 0) is 17.8 Å². The molecule has 0 fully saturated rings. The lowest BCUT2D eigenvalue weighted by Gasteiger charge is -2.29. The van der Waals surface area contributed by atoms with Crippen LogP contribution in [0.5, 0.6) is 5.75 Å². The number of fused-ring (bicyclic) bond motifs is 2. The third-order valence-electron chi connectivity index (χ3n) is 4.26. The van der Waals surface area contributed by atoms with Crippen molar-refractivity contribution in [1.29, 1.82) is 0 Å². The van der Waals surface area contributed by atoms with Gasteiger partial charge in [-0.05, 0) is 25.5 Å². The first-order valence-corrected chi connectivity index (χ1v) is 8.89. The summed E-state index contributed by atoms with van der Waals surface area (Å²) in [6.07, 6.45) is 3.47. The van der Waals surface area contributed by atoms with Crippen LogP contribution in [0.3, 0.4) is 0 Å². The van der Waals surface area contributed by atoms with E-state index in [0.717, 1.165) is 41.5 Å². The highest BCUT2D eigenvalue weighted by molar-refractivity contribution is 7.99. The number of rotatable bonds is 2. The predicted molar refractivity (Wildman–Crippen MR) is 88.8 cm³/mol. The summed E-state index contributed by atoms with van der Waals surface area (Å²) in [4.78, 5) is 18.1. The van der Waals surface area contributed by atoms with Crippen molar-refractivity contribution in [3.63, 3.8) is 0 Å².